The normalized spacial score (nSPS) is 14.2. The lowest BCUT2D eigenvalue weighted by molar-refractivity contribution is -0.870. The van der Waals surface area contributed by atoms with Crippen molar-refractivity contribution >= 4 is 19.8 Å². The van der Waals surface area contributed by atoms with Crippen LogP contribution in [0.25, 0.3) is 0 Å². The molecule has 0 saturated heterocycles. The van der Waals surface area contributed by atoms with E-state index in [0.717, 1.165) is 64.2 Å². The fraction of sp³-hybridized carbons (Fsp3) is 0.692. The monoisotopic (exact) mass is 889 g/mol. The summed E-state index contributed by atoms with van der Waals surface area (Å²) < 4.78 is 34.3. The van der Waals surface area contributed by atoms with Crippen LogP contribution in [0.2, 0.25) is 0 Å². The average Bonchev–Trinajstić information content (AvgIpc) is 3.23. The zero-order valence-corrected chi connectivity index (χ0v) is 41.0. The third kappa shape index (κ3) is 46.7. The van der Waals surface area contributed by atoms with Gasteiger partial charge in [0.05, 0.1) is 27.7 Å². The second kappa shape index (κ2) is 43.4. The number of nitrogens with zero attached hydrogens (tertiary/aromatic N) is 1. The van der Waals surface area contributed by atoms with Gasteiger partial charge in [-0.15, -0.1) is 0 Å². The molecule has 0 aromatic heterocycles. The summed E-state index contributed by atoms with van der Waals surface area (Å²) in [7, 11) is 1.42. The Labute approximate surface area is 380 Å². The summed E-state index contributed by atoms with van der Waals surface area (Å²) >= 11 is 0. The van der Waals surface area contributed by atoms with Gasteiger partial charge < -0.3 is 18.9 Å². The van der Waals surface area contributed by atoms with Crippen molar-refractivity contribution in [1.29, 1.82) is 0 Å². The van der Waals surface area contributed by atoms with E-state index in [9.17, 15) is 19.0 Å². The fourth-order valence-corrected chi connectivity index (χ4v) is 6.83. The molecule has 10 heteroatoms. The molecule has 0 spiro atoms. The molecule has 1 unspecified atom stereocenters. The number of carbonyl (C=O) groups excluding carboxylic acids is 2. The summed E-state index contributed by atoms with van der Waals surface area (Å²) in [6.07, 6.45) is 56.4. The smallest absolute Gasteiger partial charge is 0.462 e. The van der Waals surface area contributed by atoms with Crippen molar-refractivity contribution in [3.8, 4) is 0 Å². The van der Waals surface area contributed by atoms with Crippen LogP contribution in [0, 0.1) is 0 Å². The number of hydrogen-bond acceptors (Lipinski definition) is 7. The van der Waals surface area contributed by atoms with E-state index < -0.39 is 32.5 Å². The number of allylic oxidation sites excluding steroid dienone is 14. The van der Waals surface area contributed by atoms with Gasteiger partial charge in [0, 0.05) is 12.8 Å². The van der Waals surface area contributed by atoms with Crippen molar-refractivity contribution in [2.75, 3.05) is 47.5 Å². The summed E-state index contributed by atoms with van der Waals surface area (Å²) in [4.78, 5) is 35.4. The summed E-state index contributed by atoms with van der Waals surface area (Å²) in [6, 6.07) is 0. The lowest BCUT2D eigenvalue weighted by Gasteiger charge is -2.24. The van der Waals surface area contributed by atoms with E-state index >= 15 is 0 Å². The zero-order valence-electron chi connectivity index (χ0n) is 40.1. The number of hydrogen-bond donors (Lipinski definition) is 1. The molecule has 0 aliphatic rings. The predicted octanol–water partition coefficient (Wildman–Crippen LogP) is 14.4. The molecule has 0 amide bonds. The first kappa shape index (κ1) is 59.2. The first-order valence-corrected chi connectivity index (χ1v) is 25.8. The molecule has 0 heterocycles. The SMILES string of the molecule is CCCCC/C=C\C/C=C\C/C=C\C/C=C\C/C=C\CCC(=O)O[C@H](COC(=O)CCCCCCCCCCC/C=C\C/C=C\CCCCC)COP(=O)(O)OCC[N+](C)(C)C. The van der Waals surface area contributed by atoms with E-state index in [1.807, 2.05) is 33.3 Å². The molecule has 0 aliphatic heterocycles. The van der Waals surface area contributed by atoms with Gasteiger partial charge in [0.2, 0.25) is 0 Å². The molecule has 1 N–H and O–H groups in total. The zero-order chi connectivity index (χ0) is 45.7. The highest BCUT2D eigenvalue weighted by Crippen LogP contribution is 2.43. The number of esters is 2. The Morgan fingerprint density at radius 2 is 0.903 bits per heavy atom. The molecular formula is C52H91NO8P+. The van der Waals surface area contributed by atoms with Crippen molar-refractivity contribution in [3.63, 3.8) is 0 Å². The van der Waals surface area contributed by atoms with Crippen LogP contribution in [0.5, 0.6) is 0 Å². The summed E-state index contributed by atoms with van der Waals surface area (Å²) in [5.41, 5.74) is 0. The van der Waals surface area contributed by atoms with E-state index in [0.29, 0.717) is 17.4 Å². The number of unbranched alkanes of at least 4 members (excludes halogenated alkanes) is 15. The maximum Gasteiger partial charge on any atom is 0.472 e. The molecule has 0 radical (unpaired) electrons. The number of rotatable bonds is 43. The van der Waals surface area contributed by atoms with Crippen molar-refractivity contribution in [3.05, 3.63) is 85.1 Å². The first-order chi connectivity index (χ1) is 30.0. The van der Waals surface area contributed by atoms with Gasteiger partial charge in [0.1, 0.15) is 19.8 Å². The molecule has 0 bridgehead atoms. The minimum Gasteiger partial charge on any atom is -0.462 e. The van der Waals surface area contributed by atoms with E-state index in [4.69, 9.17) is 18.5 Å². The van der Waals surface area contributed by atoms with Gasteiger partial charge in [0.15, 0.2) is 6.10 Å². The summed E-state index contributed by atoms with van der Waals surface area (Å²) in [6.45, 7) is 4.27. The van der Waals surface area contributed by atoms with Crippen molar-refractivity contribution in [1.82, 2.24) is 0 Å². The average molecular weight is 889 g/mol. The van der Waals surface area contributed by atoms with Gasteiger partial charge in [-0.25, -0.2) is 4.57 Å². The highest BCUT2D eigenvalue weighted by molar-refractivity contribution is 7.47. The maximum atomic E-state index is 12.7. The standard InChI is InChI=1S/C52H90NO8P/c1-6-8-10-12-14-16-18-20-22-24-26-28-30-32-34-36-38-40-42-44-51(54)58-48-50(49-60-62(56,57)59-47-46-53(3,4)5)61-52(55)45-43-41-39-37-35-33-31-29-27-25-23-21-19-17-15-13-11-9-7-2/h14-17,20-23,27,29,33,35,39,41,50H,6-13,18-19,24-26,28,30-32,34,36-38,40,42-49H2,1-5H3/p+1/b16-14-,17-15-,22-20-,23-21-,29-27-,35-33-,41-39-/t50-/m1/s1. The third-order valence-corrected chi connectivity index (χ3v) is 10.9. The highest BCUT2D eigenvalue weighted by Gasteiger charge is 2.27. The molecular weight excluding hydrogens is 798 g/mol. The van der Waals surface area contributed by atoms with E-state index in [2.05, 4.69) is 86.8 Å². The summed E-state index contributed by atoms with van der Waals surface area (Å²) in [5.74, 6) is -0.904. The highest BCUT2D eigenvalue weighted by atomic mass is 31.2. The molecule has 356 valence electrons. The van der Waals surface area contributed by atoms with Crippen molar-refractivity contribution < 1.29 is 42.1 Å². The van der Waals surface area contributed by atoms with Crippen molar-refractivity contribution in [2.24, 2.45) is 0 Å². The Balaban J connectivity index is 4.43. The van der Waals surface area contributed by atoms with Crippen LogP contribution in [-0.4, -0.2) is 74.9 Å². The lowest BCUT2D eigenvalue weighted by atomic mass is 10.1. The van der Waals surface area contributed by atoms with Crippen LogP contribution >= 0.6 is 7.82 Å². The van der Waals surface area contributed by atoms with Gasteiger partial charge >= 0.3 is 19.8 Å². The second-order valence-corrected chi connectivity index (χ2v) is 18.6. The molecule has 0 saturated carbocycles. The van der Waals surface area contributed by atoms with Gasteiger partial charge in [-0.3, -0.25) is 18.6 Å². The summed E-state index contributed by atoms with van der Waals surface area (Å²) in [5, 5.41) is 0. The van der Waals surface area contributed by atoms with Crippen LogP contribution in [0.4, 0.5) is 0 Å². The van der Waals surface area contributed by atoms with E-state index in [-0.39, 0.29) is 26.1 Å². The Morgan fingerprint density at radius 3 is 1.35 bits per heavy atom. The topological polar surface area (TPSA) is 108 Å². The fourth-order valence-electron chi connectivity index (χ4n) is 6.08. The number of phosphoric ester groups is 1. The second-order valence-electron chi connectivity index (χ2n) is 17.1. The predicted molar refractivity (Wildman–Crippen MR) is 261 cm³/mol. The van der Waals surface area contributed by atoms with E-state index in [1.165, 1.54) is 83.5 Å². The van der Waals surface area contributed by atoms with Gasteiger partial charge in [-0.05, 0) is 83.5 Å². The quantitative estimate of drug-likeness (QED) is 0.0212. The van der Waals surface area contributed by atoms with Crippen LogP contribution in [0.15, 0.2) is 85.1 Å². The molecule has 0 fully saturated rings. The lowest BCUT2D eigenvalue weighted by Crippen LogP contribution is -2.37. The first-order valence-electron chi connectivity index (χ1n) is 24.3. The van der Waals surface area contributed by atoms with Gasteiger partial charge in [-0.1, -0.05) is 170 Å². The van der Waals surface area contributed by atoms with E-state index in [1.54, 1.807) is 0 Å². The Bertz CT molecular complexity index is 1330. The van der Waals surface area contributed by atoms with Crippen LogP contribution in [0.1, 0.15) is 181 Å². The third-order valence-electron chi connectivity index (χ3n) is 9.91. The molecule has 2 atom stereocenters. The Morgan fingerprint density at radius 1 is 0.500 bits per heavy atom. The minimum absolute atomic E-state index is 0.0136. The van der Waals surface area contributed by atoms with Gasteiger partial charge in [-0.2, -0.15) is 0 Å². The number of quaternary nitrogens is 1. The Kier molecular flexibility index (Phi) is 41.5. The number of phosphoric acid groups is 1. The molecule has 0 aromatic carbocycles. The number of ether oxygens (including phenoxy) is 2. The number of likely N-dealkylation sites (N-methyl/N-ethyl adjacent to an activating group) is 1. The van der Waals surface area contributed by atoms with Gasteiger partial charge in [0.25, 0.3) is 0 Å². The number of carbonyl (C=O) groups is 2. The largest absolute Gasteiger partial charge is 0.472 e. The van der Waals surface area contributed by atoms with Crippen LogP contribution in [-0.2, 0) is 32.7 Å². The van der Waals surface area contributed by atoms with Crippen LogP contribution < -0.4 is 0 Å². The molecule has 9 nitrogen and oxygen atoms in total. The molecule has 0 aromatic rings. The maximum absolute atomic E-state index is 12.7. The van der Waals surface area contributed by atoms with Crippen LogP contribution in [0.3, 0.4) is 0 Å². The van der Waals surface area contributed by atoms with Crippen molar-refractivity contribution in [2.45, 2.75) is 187 Å². The molecule has 0 aliphatic carbocycles. The Hall–Kier alpha value is -2.81. The minimum atomic E-state index is -4.40. The molecule has 0 rings (SSSR count). The molecule has 62 heavy (non-hydrogen) atoms.